The van der Waals surface area contributed by atoms with Crippen LogP contribution >= 0.6 is 27.5 Å². The lowest BCUT2D eigenvalue weighted by Crippen LogP contribution is -2.42. The highest BCUT2D eigenvalue weighted by Crippen LogP contribution is 2.45. The third-order valence-electron chi connectivity index (χ3n) is 10.8. The summed E-state index contributed by atoms with van der Waals surface area (Å²) in [7, 11) is 0. The average Bonchev–Trinajstić information content (AvgIpc) is 3.85. The number of alkyl halides is 1. The van der Waals surface area contributed by atoms with Crippen LogP contribution < -0.4 is 10.1 Å². The van der Waals surface area contributed by atoms with Gasteiger partial charge in [-0.15, -0.1) is 0 Å². The summed E-state index contributed by atoms with van der Waals surface area (Å²) in [5, 5.41) is 8.98. The summed E-state index contributed by atoms with van der Waals surface area (Å²) in [5.41, 5.74) is 4.62. The first-order chi connectivity index (χ1) is 25.4. The highest BCUT2D eigenvalue weighted by atomic mass is 79.9. The summed E-state index contributed by atoms with van der Waals surface area (Å²) >= 11 is 10.4. The second-order valence-electron chi connectivity index (χ2n) is 13.9. The molecule has 52 heavy (non-hydrogen) atoms. The molecule has 4 aliphatic rings. The SMILES string of the molecule is F[C@H]1CN2CCC[C@@]2(COC2=CN(Cc3cnn(C(c4ccccc4)(c4ccccc4)c4ccccc4)c3)C3=NCNc4c(Cl)c(Br)cc(c43)O2)C1. The molecule has 2 saturated heterocycles. The standard InChI is InChI=1S/C41H37BrClFN6O2/c42-33-19-34-36-38(37(33)43)45-27-46-39(36)48(25-35(52-34)51-26-40-17-10-18-49(40)24-32(44)20-40)22-28-21-47-50(23-28)41(29-11-4-1-5-12-29,30-13-6-2-7-14-30)31-15-8-3-9-16-31/h1-9,11-16,19,21,23,25,32,45H,10,17-18,20,22,24,26-27H2/t32-,40+/m1/s1. The fraction of sp³-hybridized carbons (Fsp3) is 0.268. The Morgan fingerprint density at radius 3 is 2.35 bits per heavy atom. The lowest BCUT2D eigenvalue weighted by atomic mass is 9.77. The third-order valence-corrected chi connectivity index (χ3v) is 12.0. The Morgan fingerprint density at radius 2 is 1.67 bits per heavy atom. The molecule has 11 heteroatoms. The van der Waals surface area contributed by atoms with E-state index >= 15 is 0 Å². The van der Waals surface area contributed by atoms with Crippen LogP contribution in [-0.2, 0) is 16.8 Å². The first kappa shape index (κ1) is 33.2. The van der Waals surface area contributed by atoms with Gasteiger partial charge in [0.05, 0.1) is 40.8 Å². The number of fused-ring (bicyclic) bond motifs is 1. The molecule has 8 nitrogen and oxygen atoms in total. The van der Waals surface area contributed by atoms with Crippen LogP contribution in [0, 0.1) is 0 Å². The molecule has 2 fully saturated rings. The minimum atomic E-state index is -0.851. The van der Waals surface area contributed by atoms with E-state index in [1.54, 1.807) is 0 Å². The number of nitrogens with zero attached hydrogens (tertiary/aromatic N) is 5. The predicted octanol–water partition coefficient (Wildman–Crippen LogP) is 8.56. The summed E-state index contributed by atoms with van der Waals surface area (Å²) in [5.74, 6) is 1.58. The number of hydrogen-bond donors (Lipinski definition) is 1. The normalized spacial score (nSPS) is 21.0. The Kier molecular flexibility index (Phi) is 8.56. The molecule has 5 heterocycles. The Balaban J connectivity index is 1.13. The Hall–Kier alpha value is -4.64. The fourth-order valence-corrected chi connectivity index (χ4v) is 9.12. The first-order valence-corrected chi connectivity index (χ1v) is 18.8. The molecule has 0 amide bonds. The van der Waals surface area contributed by atoms with Gasteiger partial charge in [0.25, 0.3) is 0 Å². The lowest BCUT2D eigenvalue weighted by Gasteiger charge is -2.36. The van der Waals surface area contributed by atoms with Crippen molar-refractivity contribution in [2.45, 2.75) is 43.1 Å². The van der Waals surface area contributed by atoms with Gasteiger partial charge in [-0.05, 0) is 58.1 Å². The summed E-state index contributed by atoms with van der Waals surface area (Å²) in [4.78, 5) is 9.22. The van der Waals surface area contributed by atoms with Gasteiger partial charge >= 0.3 is 5.95 Å². The average molecular weight is 780 g/mol. The predicted molar refractivity (Wildman–Crippen MR) is 204 cm³/mol. The monoisotopic (exact) mass is 778 g/mol. The van der Waals surface area contributed by atoms with Crippen molar-refractivity contribution in [3.05, 3.63) is 159 Å². The second kappa shape index (κ2) is 13.4. The smallest absolute Gasteiger partial charge is 0.301 e. The van der Waals surface area contributed by atoms with E-state index in [-0.39, 0.29) is 5.54 Å². The maximum Gasteiger partial charge on any atom is 0.301 e. The topological polar surface area (TPSA) is 67.2 Å². The minimum absolute atomic E-state index is 0.316. The van der Waals surface area contributed by atoms with E-state index in [1.165, 1.54) is 0 Å². The van der Waals surface area contributed by atoms with Crippen LogP contribution in [0.4, 0.5) is 10.1 Å². The van der Waals surface area contributed by atoms with Crippen molar-refractivity contribution in [3.8, 4) is 5.75 Å². The van der Waals surface area contributed by atoms with Crippen LogP contribution in [0.1, 0.15) is 47.1 Å². The van der Waals surface area contributed by atoms with Gasteiger partial charge in [0.2, 0.25) is 0 Å². The van der Waals surface area contributed by atoms with Gasteiger partial charge in [0.1, 0.15) is 36.6 Å². The Morgan fingerprint density at radius 1 is 1.00 bits per heavy atom. The van der Waals surface area contributed by atoms with Gasteiger partial charge in [-0.25, -0.2) is 9.38 Å². The zero-order valence-corrected chi connectivity index (χ0v) is 30.7. The maximum absolute atomic E-state index is 14.7. The van der Waals surface area contributed by atoms with Crippen LogP contribution in [0.25, 0.3) is 0 Å². The number of benzene rings is 4. The number of anilines is 1. The van der Waals surface area contributed by atoms with E-state index in [4.69, 9.17) is 31.2 Å². The van der Waals surface area contributed by atoms with Gasteiger partial charge in [-0.2, -0.15) is 5.10 Å². The molecule has 9 rings (SSSR count). The number of aliphatic imine (C=N–C) groups is 1. The highest BCUT2D eigenvalue weighted by Gasteiger charge is 2.49. The Labute approximate surface area is 315 Å². The third kappa shape index (κ3) is 5.59. The molecule has 1 N–H and O–H groups in total. The number of halogens is 3. The van der Waals surface area contributed by atoms with Crippen molar-refractivity contribution in [3.63, 3.8) is 0 Å². The van der Waals surface area contributed by atoms with E-state index in [2.05, 4.69) is 110 Å². The summed E-state index contributed by atoms with van der Waals surface area (Å²) < 4.78 is 30.5. The first-order valence-electron chi connectivity index (χ1n) is 17.6. The fourth-order valence-electron chi connectivity index (χ4n) is 8.50. The van der Waals surface area contributed by atoms with Crippen LogP contribution in [0.5, 0.6) is 5.75 Å². The molecule has 0 saturated carbocycles. The molecule has 5 aromatic rings. The molecule has 4 aromatic carbocycles. The van der Waals surface area contributed by atoms with Gasteiger partial charge in [-0.1, -0.05) is 103 Å². The van der Waals surface area contributed by atoms with Gasteiger partial charge in [-0.3, -0.25) is 9.58 Å². The van der Waals surface area contributed by atoms with E-state index < -0.39 is 11.7 Å². The number of ether oxygens (including phenoxy) is 2. The molecule has 1 aromatic heterocycles. The van der Waals surface area contributed by atoms with Gasteiger partial charge in [0, 0.05) is 29.2 Å². The van der Waals surface area contributed by atoms with Crippen molar-refractivity contribution in [1.29, 1.82) is 0 Å². The summed E-state index contributed by atoms with van der Waals surface area (Å²) in [6.07, 6.45) is 7.43. The van der Waals surface area contributed by atoms with Gasteiger partial charge in [0.15, 0.2) is 0 Å². The molecular formula is C41H37BrClFN6O2. The quantitative estimate of drug-likeness (QED) is 0.151. The zero-order chi connectivity index (χ0) is 35.3. The molecule has 0 bridgehead atoms. The van der Waals surface area contributed by atoms with Crippen molar-refractivity contribution in [2.75, 3.05) is 31.7 Å². The number of nitrogens with one attached hydrogen (secondary N) is 1. The van der Waals surface area contributed by atoms with Crippen LogP contribution in [-0.4, -0.2) is 63.5 Å². The van der Waals surface area contributed by atoms with Gasteiger partial charge < -0.3 is 19.7 Å². The van der Waals surface area contributed by atoms with Crippen LogP contribution in [0.3, 0.4) is 0 Å². The number of rotatable bonds is 9. The zero-order valence-electron chi connectivity index (χ0n) is 28.4. The molecule has 0 unspecified atom stereocenters. The minimum Gasteiger partial charge on any atom is -0.462 e. The van der Waals surface area contributed by atoms with Crippen LogP contribution in [0.15, 0.2) is 131 Å². The van der Waals surface area contributed by atoms with Crippen molar-refractivity contribution in [1.82, 2.24) is 19.6 Å². The molecule has 2 atom stereocenters. The van der Waals surface area contributed by atoms with E-state index in [0.717, 1.165) is 52.9 Å². The number of hydrogen-bond acceptors (Lipinski definition) is 7. The number of amidine groups is 1. The Bertz CT molecular complexity index is 2070. The largest absolute Gasteiger partial charge is 0.462 e. The molecule has 4 aliphatic heterocycles. The summed E-state index contributed by atoms with van der Waals surface area (Å²) in [6.45, 7) is 2.43. The van der Waals surface area contributed by atoms with Crippen molar-refractivity contribution < 1.29 is 13.9 Å². The molecule has 0 radical (unpaired) electrons. The van der Waals surface area contributed by atoms with Crippen molar-refractivity contribution in [2.24, 2.45) is 4.99 Å². The maximum atomic E-state index is 14.7. The second-order valence-corrected chi connectivity index (χ2v) is 15.1. The van der Waals surface area contributed by atoms with E-state index in [1.807, 2.05) is 41.6 Å². The van der Waals surface area contributed by atoms with Crippen molar-refractivity contribution >= 4 is 39.1 Å². The highest BCUT2D eigenvalue weighted by molar-refractivity contribution is 9.10. The molecule has 264 valence electrons. The van der Waals surface area contributed by atoms with E-state index in [0.29, 0.717) is 59.8 Å². The van der Waals surface area contributed by atoms with E-state index in [9.17, 15) is 4.39 Å². The molecular weight excluding hydrogens is 743 g/mol. The number of aromatic nitrogens is 2. The van der Waals surface area contributed by atoms with Crippen LogP contribution in [0.2, 0.25) is 5.02 Å². The lowest BCUT2D eigenvalue weighted by molar-refractivity contribution is 0.0270. The summed E-state index contributed by atoms with van der Waals surface area (Å²) in [6, 6.07) is 33.3. The molecule has 0 aliphatic carbocycles. The molecule has 0 spiro atoms.